The Labute approximate surface area is 193 Å². The van der Waals surface area contributed by atoms with Crippen molar-refractivity contribution in [1.82, 2.24) is 9.88 Å². The standard InChI is InChI=1S/C24H20IN3O3/c1-14-5-4-6-20(11-14)28-23(30)21(22(29)26-24(28)31)13-17-12-15(2)27(16(17)3)19-9-7-18(25)8-10-19/h4-13H,1-3H3,(H,26,29,31)/b21-13-. The highest BCUT2D eigenvalue weighted by Crippen LogP contribution is 2.26. The van der Waals surface area contributed by atoms with Crippen molar-refractivity contribution in [2.75, 3.05) is 4.90 Å². The molecule has 0 atom stereocenters. The van der Waals surface area contributed by atoms with Crippen LogP contribution in [0.5, 0.6) is 0 Å². The molecule has 1 aliphatic heterocycles. The van der Waals surface area contributed by atoms with E-state index in [-0.39, 0.29) is 5.57 Å². The number of benzene rings is 2. The van der Waals surface area contributed by atoms with E-state index in [0.29, 0.717) is 5.69 Å². The van der Waals surface area contributed by atoms with Gasteiger partial charge in [-0.3, -0.25) is 14.9 Å². The van der Waals surface area contributed by atoms with Crippen LogP contribution in [-0.2, 0) is 9.59 Å². The normalized spacial score (nSPS) is 15.5. The molecule has 0 spiro atoms. The number of nitrogens with one attached hydrogen (secondary N) is 1. The first kappa shape index (κ1) is 21.0. The van der Waals surface area contributed by atoms with Gasteiger partial charge in [-0.05, 0) is 103 Å². The molecule has 0 bridgehead atoms. The number of nitrogens with zero attached hydrogens (tertiary/aromatic N) is 2. The lowest BCUT2D eigenvalue weighted by atomic mass is 10.1. The molecule has 1 N–H and O–H groups in total. The second kappa shape index (κ2) is 8.14. The van der Waals surface area contributed by atoms with Gasteiger partial charge in [0.2, 0.25) is 0 Å². The Morgan fingerprint density at radius 1 is 0.903 bits per heavy atom. The van der Waals surface area contributed by atoms with Crippen LogP contribution in [-0.4, -0.2) is 22.4 Å². The molecule has 1 aliphatic rings. The molecule has 2 aromatic carbocycles. The van der Waals surface area contributed by atoms with Gasteiger partial charge in [-0.2, -0.15) is 0 Å². The Kier molecular flexibility index (Phi) is 5.53. The largest absolute Gasteiger partial charge is 0.335 e. The molecule has 0 unspecified atom stereocenters. The lowest BCUT2D eigenvalue weighted by molar-refractivity contribution is -0.122. The van der Waals surface area contributed by atoms with Gasteiger partial charge in [0.05, 0.1) is 5.69 Å². The third kappa shape index (κ3) is 3.93. The first-order valence-electron chi connectivity index (χ1n) is 9.69. The predicted molar refractivity (Wildman–Crippen MR) is 128 cm³/mol. The maximum absolute atomic E-state index is 13.1. The average molecular weight is 525 g/mol. The molecular weight excluding hydrogens is 505 g/mol. The SMILES string of the molecule is Cc1cccc(N2C(=O)NC(=O)/C(=C/c3cc(C)n(-c4ccc(I)cc4)c3C)C2=O)c1. The summed E-state index contributed by atoms with van der Waals surface area (Å²) in [6, 6.07) is 16.3. The van der Waals surface area contributed by atoms with Crippen molar-refractivity contribution < 1.29 is 14.4 Å². The van der Waals surface area contributed by atoms with Crippen LogP contribution in [0.4, 0.5) is 10.5 Å². The van der Waals surface area contributed by atoms with Gasteiger partial charge >= 0.3 is 6.03 Å². The van der Waals surface area contributed by atoms with Gasteiger partial charge in [-0.1, -0.05) is 12.1 Å². The van der Waals surface area contributed by atoms with E-state index in [4.69, 9.17) is 0 Å². The van der Waals surface area contributed by atoms with Gasteiger partial charge in [-0.25, -0.2) is 9.69 Å². The van der Waals surface area contributed by atoms with E-state index >= 15 is 0 Å². The van der Waals surface area contributed by atoms with Gasteiger partial charge < -0.3 is 4.57 Å². The average Bonchev–Trinajstić information content (AvgIpc) is 2.99. The quantitative estimate of drug-likeness (QED) is 0.307. The lowest BCUT2D eigenvalue weighted by Gasteiger charge is -2.26. The summed E-state index contributed by atoms with van der Waals surface area (Å²) in [6.45, 7) is 5.78. The van der Waals surface area contributed by atoms with Crippen molar-refractivity contribution in [2.45, 2.75) is 20.8 Å². The first-order chi connectivity index (χ1) is 14.8. The van der Waals surface area contributed by atoms with Gasteiger partial charge in [0.15, 0.2) is 0 Å². The van der Waals surface area contributed by atoms with E-state index in [1.54, 1.807) is 24.3 Å². The Hall–Kier alpha value is -3.20. The lowest BCUT2D eigenvalue weighted by Crippen LogP contribution is -2.54. The van der Waals surface area contributed by atoms with Crippen LogP contribution in [0.1, 0.15) is 22.5 Å². The first-order valence-corrected chi connectivity index (χ1v) is 10.8. The zero-order valence-corrected chi connectivity index (χ0v) is 19.4. The van der Waals surface area contributed by atoms with Crippen LogP contribution in [0, 0.1) is 24.3 Å². The second-order valence-corrected chi connectivity index (χ2v) is 8.68. The minimum Gasteiger partial charge on any atom is -0.318 e. The molecule has 4 amide bonds. The Balaban J connectivity index is 1.76. The third-order valence-electron chi connectivity index (χ3n) is 5.22. The molecule has 1 aromatic heterocycles. The molecular formula is C24H20IN3O3. The molecule has 0 radical (unpaired) electrons. The summed E-state index contributed by atoms with van der Waals surface area (Å²) in [5.74, 6) is -1.34. The van der Waals surface area contributed by atoms with Crippen molar-refractivity contribution in [3.8, 4) is 5.69 Å². The fourth-order valence-corrected chi connectivity index (χ4v) is 4.10. The van der Waals surface area contributed by atoms with E-state index in [0.717, 1.165) is 36.7 Å². The maximum Gasteiger partial charge on any atom is 0.335 e. The summed E-state index contributed by atoms with van der Waals surface area (Å²) in [6.07, 6.45) is 1.55. The van der Waals surface area contributed by atoms with Crippen molar-refractivity contribution in [3.63, 3.8) is 0 Å². The van der Waals surface area contributed by atoms with E-state index in [9.17, 15) is 14.4 Å². The molecule has 0 aliphatic carbocycles. The molecule has 0 saturated carbocycles. The van der Waals surface area contributed by atoms with E-state index in [1.165, 1.54) is 0 Å². The number of anilines is 1. The van der Waals surface area contributed by atoms with E-state index < -0.39 is 17.8 Å². The molecule has 2 heterocycles. The van der Waals surface area contributed by atoms with Crippen molar-refractivity contribution in [3.05, 3.63) is 86.3 Å². The van der Waals surface area contributed by atoms with Crippen molar-refractivity contribution >= 4 is 52.2 Å². The highest BCUT2D eigenvalue weighted by atomic mass is 127. The minimum atomic E-state index is -0.748. The molecule has 1 fully saturated rings. The number of carbonyl (C=O) groups is 3. The fraction of sp³-hybridized carbons (Fsp3) is 0.125. The summed E-state index contributed by atoms with van der Waals surface area (Å²) in [7, 11) is 0. The zero-order chi connectivity index (χ0) is 22.3. The summed E-state index contributed by atoms with van der Waals surface area (Å²) < 4.78 is 3.20. The summed E-state index contributed by atoms with van der Waals surface area (Å²) in [4.78, 5) is 39.1. The van der Waals surface area contributed by atoms with Gasteiger partial charge in [-0.15, -0.1) is 0 Å². The van der Waals surface area contributed by atoms with Crippen LogP contribution in [0.3, 0.4) is 0 Å². The number of amides is 4. The Morgan fingerprint density at radius 3 is 2.29 bits per heavy atom. The summed E-state index contributed by atoms with van der Waals surface area (Å²) in [5, 5.41) is 2.28. The smallest absolute Gasteiger partial charge is 0.318 e. The van der Waals surface area contributed by atoms with Gasteiger partial charge in [0.25, 0.3) is 11.8 Å². The monoisotopic (exact) mass is 525 g/mol. The number of carbonyl (C=O) groups excluding carboxylic acids is 3. The molecule has 7 heteroatoms. The fourth-order valence-electron chi connectivity index (χ4n) is 3.74. The maximum atomic E-state index is 13.1. The predicted octanol–water partition coefficient (Wildman–Crippen LogP) is 4.67. The number of imide groups is 2. The van der Waals surface area contributed by atoms with E-state index in [2.05, 4.69) is 32.5 Å². The number of halogens is 1. The van der Waals surface area contributed by atoms with Crippen molar-refractivity contribution in [2.24, 2.45) is 0 Å². The van der Waals surface area contributed by atoms with Crippen LogP contribution in [0.2, 0.25) is 0 Å². The van der Waals surface area contributed by atoms with Crippen LogP contribution in [0.25, 0.3) is 11.8 Å². The zero-order valence-electron chi connectivity index (χ0n) is 17.3. The molecule has 1 saturated heterocycles. The molecule has 156 valence electrons. The molecule has 31 heavy (non-hydrogen) atoms. The number of urea groups is 1. The highest BCUT2D eigenvalue weighted by molar-refractivity contribution is 14.1. The Morgan fingerprint density at radius 2 is 1.61 bits per heavy atom. The topological polar surface area (TPSA) is 71.4 Å². The number of hydrogen-bond acceptors (Lipinski definition) is 3. The number of aromatic nitrogens is 1. The highest BCUT2D eigenvalue weighted by Gasteiger charge is 2.37. The molecule has 6 nitrogen and oxygen atoms in total. The van der Waals surface area contributed by atoms with Crippen molar-refractivity contribution in [1.29, 1.82) is 0 Å². The summed E-state index contributed by atoms with van der Waals surface area (Å²) in [5.41, 5.74) is 4.85. The molecule has 4 rings (SSSR count). The number of rotatable bonds is 3. The Bertz CT molecular complexity index is 1260. The third-order valence-corrected chi connectivity index (χ3v) is 5.94. The van der Waals surface area contributed by atoms with Crippen LogP contribution >= 0.6 is 22.6 Å². The van der Waals surface area contributed by atoms with Crippen LogP contribution in [0.15, 0.2) is 60.2 Å². The summed E-state index contributed by atoms with van der Waals surface area (Å²) >= 11 is 2.26. The van der Waals surface area contributed by atoms with Crippen LogP contribution < -0.4 is 10.2 Å². The minimum absolute atomic E-state index is 0.0797. The number of aryl methyl sites for hydroxylation is 2. The van der Waals surface area contributed by atoms with Gasteiger partial charge in [0.1, 0.15) is 5.57 Å². The number of barbiturate groups is 1. The second-order valence-electron chi connectivity index (χ2n) is 7.44. The number of hydrogen-bond donors (Lipinski definition) is 1. The van der Waals surface area contributed by atoms with E-state index in [1.807, 2.05) is 57.2 Å². The van der Waals surface area contributed by atoms with Gasteiger partial charge in [0, 0.05) is 20.6 Å². The molecule has 3 aromatic rings.